The molecule has 1 atom stereocenters. The Kier molecular flexibility index (Phi) is 5.80. The third-order valence-electron chi connectivity index (χ3n) is 5.30. The van der Waals surface area contributed by atoms with E-state index >= 15 is 0 Å². The standard InChI is InChI=1S/C22H19N5O2.CH2O2/c1-15-5-7-16(8-6-15)22(9-13-29-18-4-2-10-23-19(18)22)26-21(28)17-14-25-27-12-3-11-24-20(17)27;2-1-3/h2-8,10-12,14H,9,13H2,1H3,(H,26,28);1H,(H,2,3)/t22-;/m0./s1. The summed E-state index contributed by atoms with van der Waals surface area (Å²) >= 11 is 0. The Morgan fingerprint density at radius 1 is 1.19 bits per heavy atom. The van der Waals surface area contributed by atoms with Gasteiger partial charge in [0.15, 0.2) is 5.65 Å². The average Bonchev–Trinajstić information content (AvgIpc) is 3.25. The number of carbonyl (C=O) groups is 2. The normalized spacial score (nSPS) is 16.8. The van der Waals surface area contributed by atoms with E-state index in [1.807, 2.05) is 43.3 Å². The molecule has 162 valence electrons. The lowest BCUT2D eigenvalue weighted by molar-refractivity contribution is -0.122. The van der Waals surface area contributed by atoms with Crippen LogP contribution < -0.4 is 10.1 Å². The van der Waals surface area contributed by atoms with E-state index in [1.54, 1.807) is 35.4 Å². The highest BCUT2D eigenvalue weighted by Crippen LogP contribution is 2.40. The van der Waals surface area contributed by atoms with Crippen LogP contribution in [0, 0.1) is 6.92 Å². The van der Waals surface area contributed by atoms with Crippen molar-refractivity contribution in [1.82, 2.24) is 24.9 Å². The Morgan fingerprint density at radius 3 is 2.72 bits per heavy atom. The first-order chi connectivity index (χ1) is 15.6. The van der Waals surface area contributed by atoms with Gasteiger partial charge in [-0.2, -0.15) is 5.10 Å². The molecule has 0 saturated heterocycles. The van der Waals surface area contributed by atoms with E-state index in [-0.39, 0.29) is 12.4 Å². The molecule has 0 spiro atoms. The molecule has 0 unspecified atom stereocenters. The second-order valence-electron chi connectivity index (χ2n) is 7.23. The molecular weight excluding hydrogens is 410 g/mol. The third-order valence-corrected chi connectivity index (χ3v) is 5.30. The molecular formula is C23H21N5O4. The Hall–Kier alpha value is -4.27. The van der Waals surface area contributed by atoms with Gasteiger partial charge in [0.1, 0.15) is 22.5 Å². The van der Waals surface area contributed by atoms with Crippen molar-refractivity contribution < 1.29 is 19.4 Å². The molecule has 1 amide bonds. The second-order valence-corrected chi connectivity index (χ2v) is 7.23. The van der Waals surface area contributed by atoms with Crippen LogP contribution >= 0.6 is 0 Å². The molecule has 1 aliphatic rings. The molecule has 0 radical (unpaired) electrons. The maximum absolute atomic E-state index is 13.4. The van der Waals surface area contributed by atoms with Gasteiger partial charge in [0.05, 0.1) is 12.8 Å². The van der Waals surface area contributed by atoms with Crippen molar-refractivity contribution in [1.29, 1.82) is 0 Å². The number of ether oxygens (including phenoxy) is 1. The predicted molar refractivity (Wildman–Crippen MR) is 115 cm³/mol. The molecule has 0 bridgehead atoms. The summed E-state index contributed by atoms with van der Waals surface area (Å²) in [5, 5.41) is 14.4. The highest BCUT2D eigenvalue weighted by atomic mass is 16.5. The molecule has 0 aliphatic carbocycles. The number of carbonyl (C=O) groups excluding carboxylic acids is 1. The summed E-state index contributed by atoms with van der Waals surface area (Å²) in [6, 6.07) is 13.6. The van der Waals surface area contributed by atoms with Crippen LogP contribution in [0.15, 0.2) is 67.3 Å². The van der Waals surface area contributed by atoms with Gasteiger partial charge in [-0.25, -0.2) is 9.50 Å². The fourth-order valence-corrected chi connectivity index (χ4v) is 3.82. The van der Waals surface area contributed by atoms with Gasteiger partial charge < -0.3 is 15.2 Å². The topological polar surface area (TPSA) is 119 Å². The number of benzene rings is 1. The second kappa shape index (κ2) is 8.84. The third kappa shape index (κ3) is 3.76. The smallest absolute Gasteiger partial charge is 0.290 e. The van der Waals surface area contributed by atoms with Crippen LogP contribution in [0.4, 0.5) is 0 Å². The number of nitrogens with zero attached hydrogens (tertiary/aromatic N) is 4. The van der Waals surface area contributed by atoms with Gasteiger partial charge in [-0.05, 0) is 30.7 Å². The minimum absolute atomic E-state index is 0.250. The van der Waals surface area contributed by atoms with Crippen LogP contribution in [-0.4, -0.2) is 43.7 Å². The molecule has 4 heterocycles. The lowest BCUT2D eigenvalue weighted by atomic mass is 9.81. The number of pyridine rings is 1. The summed E-state index contributed by atoms with van der Waals surface area (Å²) in [6.45, 7) is 2.26. The van der Waals surface area contributed by atoms with Gasteiger partial charge in [0, 0.05) is 25.0 Å². The van der Waals surface area contributed by atoms with E-state index in [1.165, 1.54) is 0 Å². The van der Waals surface area contributed by atoms with Crippen LogP contribution in [0.2, 0.25) is 0 Å². The van der Waals surface area contributed by atoms with E-state index in [4.69, 9.17) is 14.6 Å². The number of aryl methyl sites for hydroxylation is 1. The molecule has 1 aromatic carbocycles. The lowest BCUT2D eigenvalue weighted by Crippen LogP contribution is -2.50. The summed E-state index contributed by atoms with van der Waals surface area (Å²) in [6.07, 6.45) is 7.24. The number of rotatable bonds is 3. The molecule has 3 aromatic heterocycles. The van der Waals surface area contributed by atoms with Crippen LogP contribution in [0.25, 0.3) is 5.65 Å². The number of amides is 1. The first-order valence-electron chi connectivity index (χ1n) is 9.93. The van der Waals surface area contributed by atoms with Gasteiger partial charge in [-0.1, -0.05) is 29.8 Å². The Balaban J connectivity index is 0.000000775. The van der Waals surface area contributed by atoms with E-state index in [2.05, 4.69) is 20.4 Å². The van der Waals surface area contributed by atoms with E-state index in [0.29, 0.717) is 35.7 Å². The lowest BCUT2D eigenvalue weighted by Gasteiger charge is -2.39. The molecule has 4 aromatic rings. The van der Waals surface area contributed by atoms with Crippen LogP contribution in [0.3, 0.4) is 0 Å². The molecule has 0 saturated carbocycles. The van der Waals surface area contributed by atoms with Crippen molar-refractivity contribution in [3.8, 4) is 5.75 Å². The molecule has 0 fully saturated rings. The van der Waals surface area contributed by atoms with Crippen LogP contribution in [0.5, 0.6) is 5.75 Å². The zero-order chi connectivity index (χ0) is 22.6. The molecule has 9 heteroatoms. The van der Waals surface area contributed by atoms with Crippen molar-refractivity contribution in [3.05, 3.63) is 89.6 Å². The summed E-state index contributed by atoms with van der Waals surface area (Å²) in [7, 11) is 0. The maximum Gasteiger partial charge on any atom is 0.290 e. The highest BCUT2D eigenvalue weighted by Gasteiger charge is 2.42. The number of nitrogens with one attached hydrogen (secondary N) is 1. The number of carboxylic acid groups (broad SMARTS) is 1. The molecule has 2 N–H and O–H groups in total. The number of aromatic nitrogens is 4. The number of hydrogen-bond acceptors (Lipinski definition) is 6. The molecule has 5 rings (SSSR count). The summed E-state index contributed by atoms with van der Waals surface area (Å²) in [5.41, 5.74) is 2.94. The van der Waals surface area contributed by atoms with Gasteiger partial charge in [-0.15, -0.1) is 0 Å². The summed E-state index contributed by atoms with van der Waals surface area (Å²) in [5.74, 6) is 0.426. The van der Waals surface area contributed by atoms with Crippen molar-refractivity contribution in [2.24, 2.45) is 0 Å². The Labute approximate surface area is 183 Å². The quantitative estimate of drug-likeness (QED) is 0.479. The summed E-state index contributed by atoms with van der Waals surface area (Å²) < 4.78 is 7.41. The average molecular weight is 431 g/mol. The molecule has 1 aliphatic heterocycles. The SMILES string of the molecule is Cc1ccc([C@@]2(NC(=O)c3cnn4cccnc34)CCOc3cccnc32)cc1.O=CO. The Morgan fingerprint density at radius 2 is 1.94 bits per heavy atom. The van der Waals surface area contributed by atoms with Gasteiger partial charge in [-0.3, -0.25) is 14.6 Å². The van der Waals surface area contributed by atoms with Gasteiger partial charge in [0.25, 0.3) is 12.4 Å². The summed E-state index contributed by atoms with van der Waals surface area (Å²) in [4.78, 5) is 30.6. The van der Waals surface area contributed by atoms with Crippen molar-refractivity contribution in [3.63, 3.8) is 0 Å². The monoisotopic (exact) mass is 431 g/mol. The fourth-order valence-electron chi connectivity index (χ4n) is 3.82. The molecule has 32 heavy (non-hydrogen) atoms. The van der Waals surface area contributed by atoms with Crippen molar-refractivity contribution in [2.45, 2.75) is 18.9 Å². The van der Waals surface area contributed by atoms with Crippen molar-refractivity contribution in [2.75, 3.05) is 6.61 Å². The van der Waals surface area contributed by atoms with Gasteiger partial charge >= 0.3 is 0 Å². The van der Waals surface area contributed by atoms with Gasteiger partial charge in [0.2, 0.25) is 0 Å². The first-order valence-corrected chi connectivity index (χ1v) is 9.93. The zero-order valence-electron chi connectivity index (χ0n) is 17.3. The largest absolute Gasteiger partial charge is 0.491 e. The van der Waals surface area contributed by atoms with E-state index < -0.39 is 5.54 Å². The van der Waals surface area contributed by atoms with Crippen LogP contribution in [0.1, 0.15) is 33.6 Å². The predicted octanol–water partition coefficient (Wildman–Crippen LogP) is 2.59. The Bertz CT molecular complexity index is 1250. The minimum Gasteiger partial charge on any atom is -0.491 e. The molecule has 9 nitrogen and oxygen atoms in total. The minimum atomic E-state index is -0.803. The van der Waals surface area contributed by atoms with E-state index in [0.717, 1.165) is 11.1 Å². The number of fused-ring (bicyclic) bond motifs is 2. The highest BCUT2D eigenvalue weighted by molar-refractivity contribution is 6.00. The van der Waals surface area contributed by atoms with E-state index in [9.17, 15) is 4.79 Å². The fraction of sp³-hybridized carbons (Fsp3) is 0.174. The maximum atomic E-state index is 13.4. The first kappa shape index (κ1) is 21.0. The van der Waals surface area contributed by atoms with Crippen LogP contribution in [-0.2, 0) is 10.3 Å². The zero-order valence-corrected chi connectivity index (χ0v) is 17.3. The van der Waals surface area contributed by atoms with Crippen molar-refractivity contribution >= 4 is 18.0 Å². The number of hydrogen-bond donors (Lipinski definition) is 2.